The normalized spacial score (nSPS) is 26.7. The van der Waals surface area contributed by atoms with Gasteiger partial charge in [0, 0.05) is 25.2 Å². The van der Waals surface area contributed by atoms with Crippen LogP contribution in [0.25, 0.3) is 0 Å². The minimum absolute atomic E-state index is 0.199. The van der Waals surface area contributed by atoms with Gasteiger partial charge in [0.1, 0.15) is 0 Å². The Kier molecular flexibility index (Phi) is 3.57. The van der Waals surface area contributed by atoms with Gasteiger partial charge in [-0.3, -0.25) is 9.69 Å². The molecule has 0 aromatic heterocycles. The van der Waals surface area contributed by atoms with Gasteiger partial charge in [0.2, 0.25) is 5.91 Å². The van der Waals surface area contributed by atoms with Crippen molar-refractivity contribution in [3.8, 4) is 0 Å². The minimum Gasteiger partial charge on any atom is -0.369 e. The molecule has 0 spiro atoms. The molecule has 0 unspecified atom stereocenters. The Morgan fingerprint density at radius 2 is 1.67 bits per heavy atom. The molecule has 0 aromatic rings. The van der Waals surface area contributed by atoms with E-state index < -0.39 is 0 Å². The fourth-order valence-electron chi connectivity index (χ4n) is 3.32. The highest BCUT2D eigenvalue weighted by Gasteiger charge is 2.42. The molecule has 1 heterocycles. The first kappa shape index (κ1) is 12.4. The molecule has 0 atom stereocenters. The lowest BCUT2D eigenvalue weighted by molar-refractivity contribution is -0.119. The lowest BCUT2D eigenvalue weighted by atomic mass is 10.0. The number of nitrogens with two attached hydrogens (primary N) is 1. The second-order valence-electron chi connectivity index (χ2n) is 6.38. The van der Waals surface area contributed by atoms with Gasteiger partial charge in [0.05, 0.1) is 6.54 Å². The minimum atomic E-state index is -0.199. The van der Waals surface area contributed by atoms with Gasteiger partial charge in [-0.05, 0) is 50.4 Å². The molecule has 1 aliphatic heterocycles. The summed E-state index contributed by atoms with van der Waals surface area (Å²) in [5.74, 6) is 1.75. The van der Waals surface area contributed by atoms with Gasteiger partial charge in [-0.2, -0.15) is 0 Å². The molecule has 3 N–H and O–H groups in total. The van der Waals surface area contributed by atoms with Gasteiger partial charge in [-0.25, -0.2) is 0 Å². The van der Waals surface area contributed by atoms with E-state index in [9.17, 15) is 4.79 Å². The van der Waals surface area contributed by atoms with Gasteiger partial charge < -0.3 is 11.1 Å². The van der Waals surface area contributed by atoms with Gasteiger partial charge in [-0.15, -0.1) is 0 Å². The summed E-state index contributed by atoms with van der Waals surface area (Å²) in [6.45, 7) is 2.46. The van der Waals surface area contributed by atoms with Crippen LogP contribution in [0.3, 0.4) is 0 Å². The van der Waals surface area contributed by atoms with Crippen molar-refractivity contribution in [3.63, 3.8) is 0 Å². The zero-order chi connectivity index (χ0) is 12.5. The van der Waals surface area contributed by atoms with Gasteiger partial charge in [0.25, 0.3) is 0 Å². The van der Waals surface area contributed by atoms with Crippen molar-refractivity contribution in [3.05, 3.63) is 0 Å². The van der Waals surface area contributed by atoms with E-state index in [2.05, 4.69) is 10.2 Å². The number of rotatable bonds is 6. The molecule has 0 radical (unpaired) electrons. The fourth-order valence-corrected chi connectivity index (χ4v) is 3.32. The number of hydrogen-bond donors (Lipinski definition) is 2. The summed E-state index contributed by atoms with van der Waals surface area (Å²) in [5, 5.41) is 3.91. The highest BCUT2D eigenvalue weighted by molar-refractivity contribution is 5.75. The Hall–Kier alpha value is -0.610. The summed E-state index contributed by atoms with van der Waals surface area (Å²) in [4.78, 5) is 13.1. The van der Waals surface area contributed by atoms with Gasteiger partial charge >= 0.3 is 0 Å². The highest BCUT2D eigenvalue weighted by Crippen LogP contribution is 2.44. The zero-order valence-electron chi connectivity index (χ0n) is 11.1. The molecule has 4 nitrogen and oxygen atoms in total. The number of primary amides is 1. The number of carbonyl (C=O) groups excluding carboxylic acids is 1. The second-order valence-corrected chi connectivity index (χ2v) is 6.38. The predicted molar refractivity (Wildman–Crippen MR) is 71.0 cm³/mol. The average Bonchev–Trinajstić information content (AvgIpc) is 3.20. The van der Waals surface area contributed by atoms with E-state index in [1.54, 1.807) is 0 Å². The van der Waals surface area contributed by atoms with Crippen LogP contribution in [0.5, 0.6) is 0 Å². The third-order valence-corrected chi connectivity index (χ3v) is 4.65. The molecule has 3 fully saturated rings. The molecule has 2 saturated carbocycles. The Balaban J connectivity index is 1.43. The summed E-state index contributed by atoms with van der Waals surface area (Å²) in [5.41, 5.74) is 5.24. The van der Waals surface area contributed by atoms with Crippen LogP contribution in [0.4, 0.5) is 0 Å². The standard InChI is InChI=1S/C14H25N3O/c15-13(18)9-17-7-5-12(6-8-17)16-14(10-1-2-10)11-3-4-11/h10-12,14,16H,1-9H2,(H2,15,18). The largest absolute Gasteiger partial charge is 0.369 e. The van der Waals surface area contributed by atoms with Crippen LogP contribution >= 0.6 is 0 Å². The van der Waals surface area contributed by atoms with Crippen molar-refractivity contribution in [2.75, 3.05) is 19.6 Å². The molecule has 1 saturated heterocycles. The van der Waals surface area contributed by atoms with Crippen LogP contribution in [0.2, 0.25) is 0 Å². The number of amides is 1. The van der Waals surface area contributed by atoms with Crippen LogP contribution in [0, 0.1) is 11.8 Å². The van der Waals surface area contributed by atoms with Crippen molar-refractivity contribution in [2.45, 2.75) is 50.6 Å². The highest BCUT2D eigenvalue weighted by atomic mass is 16.1. The third-order valence-electron chi connectivity index (χ3n) is 4.65. The van der Waals surface area contributed by atoms with Crippen LogP contribution in [0.15, 0.2) is 0 Å². The number of carbonyl (C=O) groups is 1. The molecule has 1 amide bonds. The smallest absolute Gasteiger partial charge is 0.231 e. The number of nitrogens with zero attached hydrogens (tertiary/aromatic N) is 1. The number of likely N-dealkylation sites (tertiary alicyclic amines) is 1. The van der Waals surface area contributed by atoms with Crippen molar-refractivity contribution >= 4 is 5.91 Å². The number of hydrogen-bond acceptors (Lipinski definition) is 3. The molecular formula is C14H25N3O. The first-order valence-electron chi connectivity index (χ1n) is 7.49. The van der Waals surface area contributed by atoms with Crippen LogP contribution in [-0.4, -0.2) is 42.5 Å². The topological polar surface area (TPSA) is 58.4 Å². The van der Waals surface area contributed by atoms with E-state index in [-0.39, 0.29) is 5.91 Å². The molecule has 0 aromatic carbocycles. The molecule has 3 aliphatic rings. The van der Waals surface area contributed by atoms with Crippen LogP contribution < -0.4 is 11.1 Å². The van der Waals surface area contributed by atoms with Crippen LogP contribution in [-0.2, 0) is 4.79 Å². The molecule has 3 rings (SSSR count). The fraction of sp³-hybridized carbons (Fsp3) is 0.929. The molecular weight excluding hydrogens is 226 g/mol. The summed E-state index contributed by atoms with van der Waals surface area (Å²) in [6, 6.07) is 1.47. The molecule has 18 heavy (non-hydrogen) atoms. The summed E-state index contributed by atoms with van der Waals surface area (Å²) in [7, 11) is 0. The molecule has 0 bridgehead atoms. The first-order chi connectivity index (χ1) is 8.72. The number of nitrogens with one attached hydrogen (secondary N) is 1. The monoisotopic (exact) mass is 251 g/mol. The average molecular weight is 251 g/mol. The molecule has 102 valence electrons. The van der Waals surface area contributed by atoms with E-state index in [0.717, 1.165) is 31.0 Å². The molecule has 2 aliphatic carbocycles. The van der Waals surface area contributed by atoms with Crippen molar-refractivity contribution in [1.82, 2.24) is 10.2 Å². The molecule has 4 heteroatoms. The van der Waals surface area contributed by atoms with Gasteiger partial charge in [-0.1, -0.05) is 0 Å². The van der Waals surface area contributed by atoms with E-state index in [1.807, 2.05) is 0 Å². The summed E-state index contributed by atoms with van der Waals surface area (Å²) >= 11 is 0. The maximum Gasteiger partial charge on any atom is 0.231 e. The Morgan fingerprint density at radius 1 is 1.11 bits per heavy atom. The summed E-state index contributed by atoms with van der Waals surface area (Å²) < 4.78 is 0. The predicted octanol–water partition coefficient (Wildman–Crippen LogP) is 0.714. The van der Waals surface area contributed by atoms with Gasteiger partial charge in [0.15, 0.2) is 0 Å². The van der Waals surface area contributed by atoms with E-state index in [0.29, 0.717) is 12.6 Å². The maximum atomic E-state index is 10.9. The number of piperidine rings is 1. The Morgan fingerprint density at radius 3 is 2.11 bits per heavy atom. The second kappa shape index (κ2) is 5.17. The van der Waals surface area contributed by atoms with E-state index in [4.69, 9.17) is 5.73 Å². The van der Waals surface area contributed by atoms with Crippen molar-refractivity contribution in [2.24, 2.45) is 17.6 Å². The SMILES string of the molecule is NC(=O)CN1CCC(NC(C2CC2)C2CC2)CC1. The Labute approximate surface area is 109 Å². The zero-order valence-corrected chi connectivity index (χ0v) is 11.1. The van der Waals surface area contributed by atoms with E-state index in [1.165, 1.54) is 38.5 Å². The quantitative estimate of drug-likeness (QED) is 0.731. The van der Waals surface area contributed by atoms with Crippen LogP contribution in [0.1, 0.15) is 38.5 Å². The van der Waals surface area contributed by atoms with Crippen molar-refractivity contribution in [1.29, 1.82) is 0 Å². The summed E-state index contributed by atoms with van der Waals surface area (Å²) in [6.07, 6.45) is 8.10. The lowest BCUT2D eigenvalue weighted by Gasteiger charge is -2.34. The lowest BCUT2D eigenvalue weighted by Crippen LogP contribution is -2.49. The third kappa shape index (κ3) is 3.23. The Bertz CT molecular complexity index is 292. The van der Waals surface area contributed by atoms with Crippen molar-refractivity contribution < 1.29 is 4.79 Å². The maximum absolute atomic E-state index is 10.9. The van der Waals surface area contributed by atoms with E-state index >= 15 is 0 Å². The first-order valence-corrected chi connectivity index (χ1v) is 7.49.